The smallest absolute Gasteiger partial charge is 0.205 e. The van der Waals surface area contributed by atoms with Gasteiger partial charge in [0.2, 0.25) is 5.13 Å². The average molecular weight is 348 g/mol. The second kappa shape index (κ2) is 6.98. The number of aromatic nitrogens is 4. The number of rotatable bonds is 4. The number of nitrogens with zero attached hydrogens (tertiary/aromatic N) is 6. The molecule has 0 radical (unpaired) electrons. The van der Waals surface area contributed by atoms with Gasteiger partial charge in [-0.25, -0.2) is 4.98 Å². The molecule has 1 aliphatic heterocycles. The summed E-state index contributed by atoms with van der Waals surface area (Å²) in [5.74, 6) is 1.70. The summed E-state index contributed by atoms with van der Waals surface area (Å²) in [5.41, 5.74) is 1.05. The molecule has 0 amide bonds. The lowest BCUT2D eigenvalue weighted by molar-refractivity contribution is 0.179. The van der Waals surface area contributed by atoms with Crippen molar-refractivity contribution in [2.24, 2.45) is 0 Å². The third kappa shape index (κ3) is 3.81. The SMILES string of the molecule is COCc1nsc(N2CCN(c3ccc(C(C)(C)C)nn3)CC2)n1. The van der Waals surface area contributed by atoms with Gasteiger partial charge in [0.1, 0.15) is 6.61 Å². The second-order valence-electron chi connectivity index (χ2n) is 6.93. The summed E-state index contributed by atoms with van der Waals surface area (Å²) in [7, 11) is 1.66. The molecule has 2 aromatic rings. The summed E-state index contributed by atoms with van der Waals surface area (Å²) in [6, 6.07) is 4.15. The Labute approximate surface area is 146 Å². The molecule has 0 unspecified atom stereocenters. The van der Waals surface area contributed by atoms with Crippen LogP contribution in [0.3, 0.4) is 0 Å². The second-order valence-corrected chi connectivity index (χ2v) is 7.66. The van der Waals surface area contributed by atoms with Gasteiger partial charge in [0.05, 0.1) is 5.69 Å². The number of methoxy groups -OCH3 is 1. The molecule has 0 spiro atoms. The Hall–Kier alpha value is -1.80. The number of piperazine rings is 1. The van der Waals surface area contributed by atoms with Crippen molar-refractivity contribution in [2.75, 3.05) is 43.1 Å². The molecule has 1 aliphatic rings. The first kappa shape index (κ1) is 17.0. The van der Waals surface area contributed by atoms with Crippen molar-refractivity contribution in [3.05, 3.63) is 23.7 Å². The third-order valence-electron chi connectivity index (χ3n) is 4.02. The zero-order chi connectivity index (χ0) is 17.2. The highest BCUT2D eigenvalue weighted by Gasteiger charge is 2.22. The molecule has 24 heavy (non-hydrogen) atoms. The Bertz CT molecular complexity index is 658. The van der Waals surface area contributed by atoms with Crippen LogP contribution in [0.5, 0.6) is 0 Å². The fraction of sp³-hybridized carbons (Fsp3) is 0.625. The molecule has 3 rings (SSSR count). The Morgan fingerprint density at radius 2 is 1.79 bits per heavy atom. The van der Waals surface area contributed by atoms with Crippen LogP contribution in [-0.4, -0.2) is 52.8 Å². The molecular formula is C16H24N6OS. The van der Waals surface area contributed by atoms with E-state index in [9.17, 15) is 0 Å². The van der Waals surface area contributed by atoms with Crippen LogP contribution in [0.15, 0.2) is 12.1 Å². The highest BCUT2D eigenvalue weighted by atomic mass is 32.1. The van der Waals surface area contributed by atoms with Crippen LogP contribution >= 0.6 is 11.5 Å². The first-order valence-electron chi connectivity index (χ1n) is 8.13. The van der Waals surface area contributed by atoms with Crippen LogP contribution in [-0.2, 0) is 16.8 Å². The van der Waals surface area contributed by atoms with E-state index in [1.54, 1.807) is 7.11 Å². The Kier molecular flexibility index (Phi) is 4.96. The minimum absolute atomic E-state index is 0.0297. The lowest BCUT2D eigenvalue weighted by atomic mass is 9.92. The lowest BCUT2D eigenvalue weighted by Gasteiger charge is -2.34. The van der Waals surface area contributed by atoms with Crippen molar-refractivity contribution in [1.29, 1.82) is 0 Å². The fourth-order valence-corrected chi connectivity index (χ4v) is 3.31. The standard InChI is InChI=1S/C16H24N6OS/c1-16(2,3)12-5-6-14(19-18-12)21-7-9-22(10-8-21)15-17-13(11-23-4)20-24-15/h5-6H,7-11H2,1-4H3. The average Bonchev–Trinajstić information content (AvgIpc) is 3.03. The Morgan fingerprint density at radius 3 is 2.38 bits per heavy atom. The van der Waals surface area contributed by atoms with E-state index in [4.69, 9.17) is 4.74 Å². The van der Waals surface area contributed by atoms with Gasteiger partial charge in [-0.3, -0.25) is 0 Å². The zero-order valence-corrected chi connectivity index (χ0v) is 15.5. The summed E-state index contributed by atoms with van der Waals surface area (Å²) in [4.78, 5) is 9.06. The van der Waals surface area contributed by atoms with Gasteiger partial charge in [0.25, 0.3) is 0 Å². The minimum Gasteiger partial charge on any atom is -0.377 e. The third-order valence-corrected chi connectivity index (χ3v) is 4.84. The van der Waals surface area contributed by atoms with Crippen LogP contribution in [0, 0.1) is 0 Å². The molecule has 0 bridgehead atoms. The molecular weight excluding hydrogens is 324 g/mol. The number of hydrogen-bond donors (Lipinski definition) is 0. The Morgan fingerprint density at radius 1 is 1.08 bits per heavy atom. The largest absolute Gasteiger partial charge is 0.377 e. The summed E-state index contributed by atoms with van der Waals surface area (Å²) >= 11 is 1.44. The van der Waals surface area contributed by atoms with E-state index in [1.807, 2.05) is 0 Å². The van der Waals surface area contributed by atoms with Gasteiger partial charge < -0.3 is 14.5 Å². The van der Waals surface area contributed by atoms with Crippen LogP contribution in [0.2, 0.25) is 0 Å². The van der Waals surface area contributed by atoms with Crippen molar-refractivity contribution in [1.82, 2.24) is 19.6 Å². The molecule has 8 heteroatoms. The van der Waals surface area contributed by atoms with Crippen LogP contribution in [0.4, 0.5) is 10.9 Å². The normalized spacial score (nSPS) is 15.8. The highest BCUT2D eigenvalue weighted by Crippen LogP contribution is 2.23. The molecule has 3 heterocycles. The van der Waals surface area contributed by atoms with Gasteiger partial charge in [-0.1, -0.05) is 20.8 Å². The molecule has 0 N–H and O–H groups in total. The van der Waals surface area contributed by atoms with Gasteiger partial charge in [-0.2, -0.15) is 9.47 Å². The van der Waals surface area contributed by atoms with Crippen molar-refractivity contribution >= 4 is 22.5 Å². The van der Waals surface area contributed by atoms with Crippen molar-refractivity contribution in [3.63, 3.8) is 0 Å². The Balaban J connectivity index is 1.60. The van der Waals surface area contributed by atoms with Crippen LogP contribution in [0.25, 0.3) is 0 Å². The lowest BCUT2D eigenvalue weighted by Crippen LogP contribution is -2.47. The fourth-order valence-electron chi connectivity index (χ4n) is 2.58. The van der Waals surface area contributed by atoms with Gasteiger partial charge in [-0.05, 0) is 12.1 Å². The first-order valence-corrected chi connectivity index (χ1v) is 8.90. The molecule has 130 valence electrons. The topological polar surface area (TPSA) is 67.3 Å². The zero-order valence-electron chi connectivity index (χ0n) is 14.7. The molecule has 0 saturated carbocycles. The molecule has 7 nitrogen and oxygen atoms in total. The highest BCUT2D eigenvalue weighted by molar-refractivity contribution is 7.09. The van der Waals surface area contributed by atoms with Gasteiger partial charge in [0.15, 0.2) is 11.6 Å². The molecule has 2 aromatic heterocycles. The van der Waals surface area contributed by atoms with E-state index >= 15 is 0 Å². The molecule has 1 fully saturated rings. The predicted octanol–water partition coefficient (Wildman–Crippen LogP) is 2.10. The summed E-state index contributed by atoms with van der Waals surface area (Å²) < 4.78 is 9.40. The van der Waals surface area contributed by atoms with E-state index < -0.39 is 0 Å². The van der Waals surface area contributed by atoms with Crippen molar-refractivity contribution in [2.45, 2.75) is 32.8 Å². The number of hydrogen-bond acceptors (Lipinski definition) is 8. The number of ether oxygens (including phenoxy) is 1. The maximum absolute atomic E-state index is 5.08. The monoisotopic (exact) mass is 348 g/mol. The first-order chi connectivity index (χ1) is 11.5. The molecule has 1 saturated heterocycles. The van der Waals surface area contributed by atoms with E-state index in [0.717, 1.165) is 48.6 Å². The minimum atomic E-state index is 0.0297. The maximum Gasteiger partial charge on any atom is 0.205 e. The van der Waals surface area contributed by atoms with Crippen LogP contribution in [0.1, 0.15) is 32.3 Å². The van der Waals surface area contributed by atoms with Gasteiger partial charge in [-0.15, -0.1) is 5.10 Å². The van der Waals surface area contributed by atoms with Crippen LogP contribution < -0.4 is 9.80 Å². The predicted molar refractivity (Wildman–Crippen MR) is 95.8 cm³/mol. The summed E-state index contributed by atoms with van der Waals surface area (Å²) in [6.07, 6.45) is 0. The maximum atomic E-state index is 5.08. The summed E-state index contributed by atoms with van der Waals surface area (Å²) in [5, 5.41) is 9.77. The van der Waals surface area contributed by atoms with Gasteiger partial charge >= 0.3 is 0 Å². The van der Waals surface area contributed by atoms with E-state index in [-0.39, 0.29) is 5.41 Å². The van der Waals surface area contributed by atoms with E-state index in [1.165, 1.54) is 11.5 Å². The van der Waals surface area contributed by atoms with E-state index in [2.05, 4.69) is 62.3 Å². The molecule has 0 aromatic carbocycles. The quantitative estimate of drug-likeness (QED) is 0.838. The van der Waals surface area contributed by atoms with E-state index in [0.29, 0.717) is 6.61 Å². The van der Waals surface area contributed by atoms with Crippen molar-refractivity contribution < 1.29 is 4.74 Å². The van der Waals surface area contributed by atoms with Gasteiger partial charge in [0, 0.05) is 50.2 Å². The number of anilines is 2. The summed E-state index contributed by atoms with van der Waals surface area (Å²) in [6.45, 7) is 10.5. The molecule has 0 aliphatic carbocycles. The molecule has 0 atom stereocenters. The van der Waals surface area contributed by atoms with Crippen molar-refractivity contribution in [3.8, 4) is 0 Å².